The number of ether oxygens (including phenoxy) is 1. The molecule has 0 saturated carbocycles. The summed E-state index contributed by atoms with van der Waals surface area (Å²) in [6.07, 6.45) is 1.06. The lowest BCUT2D eigenvalue weighted by atomic mass is 10.1. The van der Waals surface area contributed by atoms with E-state index in [4.69, 9.17) is 4.74 Å². The van der Waals surface area contributed by atoms with E-state index in [0.29, 0.717) is 11.4 Å². The van der Waals surface area contributed by atoms with Crippen molar-refractivity contribution in [3.8, 4) is 0 Å². The van der Waals surface area contributed by atoms with Crippen molar-refractivity contribution in [2.45, 2.75) is 26.8 Å². The van der Waals surface area contributed by atoms with Crippen molar-refractivity contribution in [2.24, 2.45) is 0 Å². The van der Waals surface area contributed by atoms with Crippen LogP contribution in [0.5, 0.6) is 0 Å². The Morgan fingerprint density at radius 3 is 2.36 bits per heavy atom. The Morgan fingerprint density at radius 1 is 1.11 bits per heavy atom. The molecule has 0 aliphatic carbocycles. The quantitative estimate of drug-likeness (QED) is 0.748. The average Bonchev–Trinajstić information content (AvgIpc) is 2.61. The summed E-state index contributed by atoms with van der Waals surface area (Å²) >= 11 is 0. The molecule has 0 heterocycles. The number of aryl methyl sites for hydroxylation is 2. The Kier molecular flexibility index (Phi) is 6.45. The molecule has 28 heavy (non-hydrogen) atoms. The number of carbonyl (C=O) groups is 2. The van der Waals surface area contributed by atoms with E-state index in [-0.39, 0.29) is 5.56 Å². The number of sulfonamides is 1. The molecular formula is C20H24N2O5S. The third kappa shape index (κ3) is 4.89. The largest absolute Gasteiger partial charge is 0.465 e. The summed E-state index contributed by atoms with van der Waals surface area (Å²) in [4.78, 5) is 24.6. The molecule has 0 aromatic heterocycles. The minimum absolute atomic E-state index is 0.287. The van der Waals surface area contributed by atoms with Gasteiger partial charge in [-0.1, -0.05) is 18.2 Å². The Morgan fingerprint density at radius 2 is 1.79 bits per heavy atom. The second-order valence-corrected chi connectivity index (χ2v) is 8.44. The monoisotopic (exact) mass is 404 g/mol. The van der Waals surface area contributed by atoms with Gasteiger partial charge in [-0.15, -0.1) is 0 Å². The molecule has 1 unspecified atom stereocenters. The molecule has 0 aliphatic heterocycles. The number of anilines is 2. The summed E-state index contributed by atoms with van der Waals surface area (Å²) in [6.45, 7) is 5.13. The van der Waals surface area contributed by atoms with Gasteiger partial charge in [0.25, 0.3) is 0 Å². The van der Waals surface area contributed by atoms with Crippen LogP contribution in [-0.4, -0.2) is 39.7 Å². The molecule has 1 amide bonds. The van der Waals surface area contributed by atoms with Gasteiger partial charge in [0.1, 0.15) is 6.04 Å². The SMILES string of the molecule is COC(=O)c1ccc(C)c(NC(=O)C(C)N(c2cccc(C)c2)S(C)(=O)=O)c1. The molecular weight excluding hydrogens is 380 g/mol. The number of nitrogens with zero attached hydrogens (tertiary/aromatic N) is 1. The fourth-order valence-corrected chi connectivity index (χ4v) is 3.98. The van der Waals surface area contributed by atoms with Crippen LogP contribution in [0.25, 0.3) is 0 Å². The van der Waals surface area contributed by atoms with Crippen LogP contribution in [0.1, 0.15) is 28.4 Å². The minimum atomic E-state index is -3.71. The zero-order chi connectivity index (χ0) is 21.1. The Hall–Kier alpha value is -2.87. The van der Waals surface area contributed by atoms with Gasteiger partial charge in [-0.05, 0) is 56.2 Å². The smallest absolute Gasteiger partial charge is 0.337 e. The van der Waals surface area contributed by atoms with Crippen molar-refractivity contribution < 1.29 is 22.7 Å². The topological polar surface area (TPSA) is 92.8 Å². The number of hydrogen-bond donors (Lipinski definition) is 1. The first-order valence-electron chi connectivity index (χ1n) is 8.60. The first-order chi connectivity index (χ1) is 13.0. The van der Waals surface area contributed by atoms with E-state index in [0.717, 1.165) is 21.7 Å². The molecule has 2 rings (SSSR count). The maximum Gasteiger partial charge on any atom is 0.337 e. The number of hydrogen-bond acceptors (Lipinski definition) is 5. The number of amides is 1. The number of carbonyl (C=O) groups excluding carboxylic acids is 2. The van der Waals surface area contributed by atoms with Crippen LogP contribution >= 0.6 is 0 Å². The van der Waals surface area contributed by atoms with Gasteiger partial charge in [0.05, 0.1) is 24.6 Å². The van der Waals surface area contributed by atoms with Crippen LogP contribution in [0.15, 0.2) is 42.5 Å². The summed E-state index contributed by atoms with van der Waals surface area (Å²) in [5.41, 5.74) is 2.72. The van der Waals surface area contributed by atoms with Crippen molar-refractivity contribution in [3.05, 3.63) is 59.2 Å². The molecule has 2 aromatic carbocycles. The highest BCUT2D eigenvalue weighted by Gasteiger charge is 2.29. The van der Waals surface area contributed by atoms with E-state index in [1.54, 1.807) is 37.3 Å². The minimum Gasteiger partial charge on any atom is -0.465 e. The zero-order valence-electron chi connectivity index (χ0n) is 16.5. The molecule has 150 valence electrons. The van der Waals surface area contributed by atoms with Crippen LogP contribution in [0, 0.1) is 13.8 Å². The second kappa shape index (κ2) is 8.43. The van der Waals surface area contributed by atoms with Crippen LogP contribution in [0.3, 0.4) is 0 Å². The van der Waals surface area contributed by atoms with Gasteiger partial charge in [0.2, 0.25) is 15.9 Å². The van der Waals surface area contributed by atoms with E-state index in [1.165, 1.54) is 20.1 Å². The molecule has 0 bridgehead atoms. The predicted molar refractivity (Wildman–Crippen MR) is 109 cm³/mol. The van der Waals surface area contributed by atoms with Gasteiger partial charge in [-0.25, -0.2) is 13.2 Å². The van der Waals surface area contributed by atoms with Crippen LogP contribution in [0.4, 0.5) is 11.4 Å². The molecule has 0 radical (unpaired) electrons. The first kappa shape index (κ1) is 21.4. The van der Waals surface area contributed by atoms with Gasteiger partial charge in [-0.3, -0.25) is 9.10 Å². The molecule has 7 nitrogen and oxygen atoms in total. The van der Waals surface area contributed by atoms with E-state index in [2.05, 4.69) is 5.32 Å². The number of methoxy groups -OCH3 is 1. The Labute approximate surface area is 165 Å². The molecule has 1 atom stereocenters. The van der Waals surface area contributed by atoms with Crippen molar-refractivity contribution in [1.82, 2.24) is 0 Å². The zero-order valence-corrected chi connectivity index (χ0v) is 17.3. The molecule has 2 aromatic rings. The molecule has 0 aliphatic rings. The maximum atomic E-state index is 12.8. The van der Waals surface area contributed by atoms with Gasteiger partial charge in [-0.2, -0.15) is 0 Å². The fraction of sp³-hybridized carbons (Fsp3) is 0.300. The summed E-state index contributed by atoms with van der Waals surface area (Å²) in [7, 11) is -2.44. The fourth-order valence-electron chi connectivity index (χ4n) is 2.81. The van der Waals surface area contributed by atoms with Crippen LogP contribution in [-0.2, 0) is 19.6 Å². The van der Waals surface area contributed by atoms with E-state index < -0.39 is 27.9 Å². The lowest BCUT2D eigenvalue weighted by Gasteiger charge is -2.28. The Balaban J connectivity index is 2.35. The summed E-state index contributed by atoms with van der Waals surface area (Å²) in [6, 6.07) is 10.7. The van der Waals surface area contributed by atoms with Gasteiger partial charge in [0, 0.05) is 5.69 Å². The number of nitrogens with one attached hydrogen (secondary N) is 1. The number of benzene rings is 2. The molecule has 0 fully saturated rings. The standard InChI is InChI=1S/C20H24N2O5S/c1-13-7-6-8-17(11-13)22(28(5,25)26)15(3)19(23)21-18-12-16(20(24)27-4)10-9-14(18)2/h6-12,15H,1-5H3,(H,21,23). The molecule has 0 spiro atoms. The van der Waals surface area contributed by atoms with Crippen molar-refractivity contribution in [3.63, 3.8) is 0 Å². The summed E-state index contributed by atoms with van der Waals surface area (Å²) in [5.74, 6) is -1.04. The predicted octanol–water partition coefficient (Wildman–Crippen LogP) is 2.88. The third-order valence-electron chi connectivity index (χ3n) is 4.26. The second-order valence-electron chi connectivity index (χ2n) is 6.58. The average molecular weight is 404 g/mol. The van der Waals surface area contributed by atoms with Crippen molar-refractivity contribution in [1.29, 1.82) is 0 Å². The molecule has 1 N–H and O–H groups in total. The first-order valence-corrected chi connectivity index (χ1v) is 10.5. The highest BCUT2D eigenvalue weighted by Crippen LogP contribution is 2.24. The third-order valence-corrected chi connectivity index (χ3v) is 5.50. The van der Waals surface area contributed by atoms with E-state index in [9.17, 15) is 18.0 Å². The van der Waals surface area contributed by atoms with Gasteiger partial charge in [0.15, 0.2) is 0 Å². The van der Waals surface area contributed by atoms with Crippen molar-refractivity contribution >= 4 is 33.3 Å². The maximum absolute atomic E-state index is 12.8. The lowest BCUT2D eigenvalue weighted by Crippen LogP contribution is -2.45. The lowest BCUT2D eigenvalue weighted by molar-refractivity contribution is -0.116. The number of esters is 1. The van der Waals surface area contributed by atoms with E-state index >= 15 is 0 Å². The molecule has 8 heteroatoms. The van der Waals surface area contributed by atoms with Gasteiger partial charge < -0.3 is 10.1 Å². The van der Waals surface area contributed by atoms with Crippen LogP contribution < -0.4 is 9.62 Å². The van der Waals surface area contributed by atoms with Crippen molar-refractivity contribution in [2.75, 3.05) is 23.0 Å². The van der Waals surface area contributed by atoms with Gasteiger partial charge >= 0.3 is 5.97 Å². The molecule has 0 saturated heterocycles. The summed E-state index contributed by atoms with van der Waals surface area (Å²) in [5, 5.41) is 2.71. The highest BCUT2D eigenvalue weighted by molar-refractivity contribution is 7.92. The van der Waals surface area contributed by atoms with E-state index in [1.807, 2.05) is 13.0 Å². The van der Waals surface area contributed by atoms with Crippen LogP contribution in [0.2, 0.25) is 0 Å². The summed E-state index contributed by atoms with van der Waals surface area (Å²) < 4.78 is 30.5. The normalized spacial score (nSPS) is 12.2. The Bertz CT molecular complexity index is 1000. The highest BCUT2D eigenvalue weighted by atomic mass is 32.2. The number of rotatable bonds is 6.